The lowest BCUT2D eigenvalue weighted by molar-refractivity contribution is -0.387. The van der Waals surface area contributed by atoms with Crippen LogP contribution in [0.5, 0.6) is 0 Å². The van der Waals surface area contributed by atoms with E-state index in [1.54, 1.807) is 0 Å². The Morgan fingerprint density at radius 3 is 2.57 bits per heavy atom. The van der Waals surface area contributed by atoms with Crippen LogP contribution in [-0.4, -0.2) is 16.0 Å². The summed E-state index contributed by atoms with van der Waals surface area (Å²) in [6.45, 7) is 1.37. The van der Waals surface area contributed by atoms with Gasteiger partial charge in [-0.15, -0.1) is 0 Å². The lowest BCUT2D eigenvalue weighted by atomic mass is 10.1. The van der Waals surface area contributed by atoms with Crippen molar-refractivity contribution in [3.8, 4) is 0 Å². The molecule has 0 bridgehead atoms. The average molecular weight is 199 g/mol. The molecule has 1 rings (SSSR count). The number of nitro groups is 1. The molecule has 0 aliphatic carbocycles. The number of rotatable bonds is 2. The van der Waals surface area contributed by atoms with Crippen LogP contribution in [0.3, 0.4) is 0 Å². The fraction of sp³-hybridized carbons (Fsp3) is 0.125. The number of carbonyl (C=O) groups is 1. The fourth-order valence-electron chi connectivity index (χ4n) is 1.07. The molecule has 5 nitrogen and oxygen atoms in total. The molecule has 14 heavy (non-hydrogen) atoms. The van der Waals surface area contributed by atoms with Crippen molar-refractivity contribution < 1.29 is 19.2 Å². The molecule has 0 aliphatic heterocycles. The Bertz CT molecular complexity index is 416. The van der Waals surface area contributed by atoms with Gasteiger partial charge in [-0.1, -0.05) is 6.07 Å². The Kier molecular flexibility index (Phi) is 2.46. The van der Waals surface area contributed by atoms with Crippen LogP contribution in [0.1, 0.15) is 15.9 Å². The molecule has 0 amide bonds. The van der Waals surface area contributed by atoms with Crippen LogP contribution in [0.2, 0.25) is 0 Å². The third kappa shape index (κ3) is 1.54. The van der Waals surface area contributed by atoms with Crippen LogP contribution < -0.4 is 0 Å². The number of aromatic carboxylic acids is 1. The quantitative estimate of drug-likeness (QED) is 0.581. The summed E-state index contributed by atoms with van der Waals surface area (Å²) in [6.07, 6.45) is 0. The standard InChI is InChI=1S/C8H6FNO4/c1-4-2-3-5(10(13)14)7(9)6(4)8(11)12/h2-3H,1H3,(H,11,12). The Morgan fingerprint density at radius 2 is 2.14 bits per heavy atom. The third-order valence-electron chi connectivity index (χ3n) is 1.74. The van der Waals surface area contributed by atoms with Crippen molar-refractivity contribution >= 4 is 11.7 Å². The molecule has 0 aromatic heterocycles. The number of benzene rings is 1. The van der Waals surface area contributed by atoms with Gasteiger partial charge < -0.3 is 5.11 Å². The molecule has 6 heteroatoms. The molecule has 0 saturated heterocycles. The van der Waals surface area contributed by atoms with Crippen molar-refractivity contribution in [2.45, 2.75) is 6.92 Å². The number of nitrogens with zero attached hydrogens (tertiary/aromatic N) is 1. The summed E-state index contributed by atoms with van der Waals surface area (Å²) in [5.41, 5.74) is -1.33. The van der Waals surface area contributed by atoms with Gasteiger partial charge in [0.05, 0.1) is 4.92 Å². The van der Waals surface area contributed by atoms with Gasteiger partial charge in [0.2, 0.25) is 5.82 Å². The zero-order valence-electron chi connectivity index (χ0n) is 7.15. The Morgan fingerprint density at radius 1 is 1.57 bits per heavy atom. The van der Waals surface area contributed by atoms with Gasteiger partial charge >= 0.3 is 11.7 Å². The predicted octanol–water partition coefficient (Wildman–Crippen LogP) is 1.74. The topological polar surface area (TPSA) is 80.4 Å². The Labute approximate surface area is 77.9 Å². The lowest BCUT2D eigenvalue weighted by Crippen LogP contribution is -2.06. The molecule has 0 unspecified atom stereocenters. The van der Waals surface area contributed by atoms with Crippen molar-refractivity contribution in [1.29, 1.82) is 0 Å². The van der Waals surface area contributed by atoms with Gasteiger partial charge in [-0.25, -0.2) is 4.79 Å². The maximum atomic E-state index is 13.2. The zero-order valence-corrected chi connectivity index (χ0v) is 7.15. The van der Waals surface area contributed by atoms with E-state index in [1.165, 1.54) is 13.0 Å². The summed E-state index contributed by atoms with van der Waals surface area (Å²) in [4.78, 5) is 19.9. The van der Waals surface area contributed by atoms with Crippen LogP contribution in [0.4, 0.5) is 10.1 Å². The van der Waals surface area contributed by atoms with Gasteiger partial charge in [0, 0.05) is 6.07 Å². The first-order valence-electron chi connectivity index (χ1n) is 3.62. The molecule has 0 heterocycles. The highest BCUT2D eigenvalue weighted by molar-refractivity contribution is 5.90. The molecule has 0 radical (unpaired) electrons. The monoisotopic (exact) mass is 199 g/mol. The van der Waals surface area contributed by atoms with Crippen molar-refractivity contribution in [2.24, 2.45) is 0 Å². The summed E-state index contributed by atoms with van der Waals surface area (Å²) in [5, 5.41) is 18.9. The van der Waals surface area contributed by atoms with E-state index < -0.39 is 28.0 Å². The molecule has 74 valence electrons. The summed E-state index contributed by atoms with van der Waals surface area (Å²) in [5.74, 6) is -2.81. The van der Waals surface area contributed by atoms with E-state index in [0.29, 0.717) is 0 Å². The average Bonchev–Trinajstić information content (AvgIpc) is 2.02. The molecule has 0 atom stereocenters. The van der Waals surface area contributed by atoms with E-state index in [0.717, 1.165) is 6.07 Å². The minimum absolute atomic E-state index is 0.153. The summed E-state index contributed by atoms with van der Waals surface area (Å²) >= 11 is 0. The molecule has 1 aromatic carbocycles. The lowest BCUT2D eigenvalue weighted by Gasteiger charge is -2.01. The largest absolute Gasteiger partial charge is 0.478 e. The second kappa shape index (κ2) is 3.41. The molecule has 0 aliphatic rings. The number of aryl methyl sites for hydroxylation is 1. The van der Waals surface area contributed by atoms with Gasteiger partial charge in [0.15, 0.2) is 0 Å². The van der Waals surface area contributed by atoms with Gasteiger partial charge in [0.1, 0.15) is 5.56 Å². The van der Waals surface area contributed by atoms with Crippen LogP contribution >= 0.6 is 0 Å². The third-order valence-corrected chi connectivity index (χ3v) is 1.74. The summed E-state index contributed by atoms with van der Waals surface area (Å²) < 4.78 is 13.2. The number of halogens is 1. The first kappa shape index (κ1) is 10.1. The van der Waals surface area contributed by atoms with Gasteiger partial charge in [0.25, 0.3) is 0 Å². The van der Waals surface area contributed by atoms with Crippen LogP contribution in [0.25, 0.3) is 0 Å². The highest BCUT2D eigenvalue weighted by Crippen LogP contribution is 2.23. The van der Waals surface area contributed by atoms with E-state index in [4.69, 9.17) is 5.11 Å². The number of hydrogen-bond acceptors (Lipinski definition) is 3. The number of carboxylic acids is 1. The van der Waals surface area contributed by atoms with Crippen LogP contribution in [-0.2, 0) is 0 Å². The number of nitro benzene ring substituents is 1. The Hall–Kier alpha value is -1.98. The first-order chi connectivity index (χ1) is 6.45. The Balaban J connectivity index is 3.49. The van der Waals surface area contributed by atoms with Crippen molar-refractivity contribution in [2.75, 3.05) is 0 Å². The van der Waals surface area contributed by atoms with Gasteiger partial charge in [-0.3, -0.25) is 10.1 Å². The molecule has 0 fully saturated rings. The van der Waals surface area contributed by atoms with Crippen LogP contribution in [0, 0.1) is 22.9 Å². The molecule has 0 saturated carbocycles. The van der Waals surface area contributed by atoms with Crippen molar-refractivity contribution in [3.63, 3.8) is 0 Å². The minimum atomic E-state index is -1.51. The van der Waals surface area contributed by atoms with Crippen molar-refractivity contribution in [3.05, 3.63) is 39.2 Å². The van der Waals surface area contributed by atoms with Crippen LogP contribution in [0.15, 0.2) is 12.1 Å². The van der Waals surface area contributed by atoms with Gasteiger partial charge in [-0.2, -0.15) is 4.39 Å². The summed E-state index contributed by atoms with van der Waals surface area (Å²) in [6, 6.07) is 2.14. The molecule has 1 aromatic rings. The normalized spacial score (nSPS) is 9.86. The fourth-order valence-corrected chi connectivity index (χ4v) is 1.07. The molecular weight excluding hydrogens is 193 g/mol. The molecule has 0 spiro atoms. The van der Waals surface area contributed by atoms with E-state index in [1.807, 2.05) is 0 Å². The second-order valence-electron chi connectivity index (χ2n) is 2.65. The van der Waals surface area contributed by atoms with E-state index in [2.05, 4.69) is 0 Å². The van der Waals surface area contributed by atoms with Crippen molar-refractivity contribution in [1.82, 2.24) is 0 Å². The predicted molar refractivity (Wildman–Crippen MR) is 44.8 cm³/mol. The highest BCUT2D eigenvalue weighted by atomic mass is 19.1. The number of hydrogen-bond donors (Lipinski definition) is 1. The zero-order chi connectivity index (χ0) is 10.9. The summed E-state index contributed by atoms with van der Waals surface area (Å²) in [7, 11) is 0. The maximum Gasteiger partial charge on any atom is 0.339 e. The smallest absolute Gasteiger partial charge is 0.339 e. The first-order valence-corrected chi connectivity index (χ1v) is 3.62. The SMILES string of the molecule is Cc1ccc([N+](=O)[O-])c(F)c1C(=O)O. The van der Waals surface area contributed by atoms with E-state index >= 15 is 0 Å². The minimum Gasteiger partial charge on any atom is -0.478 e. The number of carboxylic acid groups (broad SMARTS) is 1. The molecular formula is C8H6FNO4. The maximum absolute atomic E-state index is 13.2. The van der Waals surface area contributed by atoms with E-state index in [9.17, 15) is 19.3 Å². The van der Waals surface area contributed by atoms with Gasteiger partial charge in [-0.05, 0) is 12.5 Å². The molecule has 1 N–H and O–H groups in total. The highest BCUT2D eigenvalue weighted by Gasteiger charge is 2.23. The van der Waals surface area contributed by atoms with E-state index in [-0.39, 0.29) is 5.56 Å². The second-order valence-corrected chi connectivity index (χ2v) is 2.65.